The highest BCUT2D eigenvalue weighted by atomic mass is 16.3. The van der Waals surface area contributed by atoms with Crippen LogP contribution >= 0.6 is 0 Å². The van der Waals surface area contributed by atoms with E-state index in [0.717, 1.165) is 6.42 Å². The third-order valence-corrected chi connectivity index (χ3v) is 1.38. The molecule has 1 heteroatoms. The molecular weight excluding hydrogens is 112 g/mol. The lowest BCUT2D eigenvalue weighted by molar-refractivity contribution is 0.128. The summed E-state index contributed by atoms with van der Waals surface area (Å²) in [6.45, 7) is 6.01. The van der Waals surface area contributed by atoms with Crippen molar-refractivity contribution in [3.05, 3.63) is 12.2 Å². The molecule has 0 saturated carbocycles. The van der Waals surface area contributed by atoms with Gasteiger partial charge in [-0.15, -0.1) is 0 Å². The van der Waals surface area contributed by atoms with E-state index in [1.807, 2.05) is 32.9 Å². The maximum Gasteiger partial charge on any atom is 0.0597 e. The van der Waals surface area contributed by atoms with Gasteiger partial charge >= 0.3 is 0 Å². The zero-order valence-corrected chi connectivity index (χ0v) is 6.46. The van der Waals surface area contributed by atoms with Crippen LogP contribution in [0.1, 0.15) is 27.2 Å². The topological polar surface area (TPSA) is 20.2 Å². The predicted molar refractivity (Wildman–Crippen MR) is 40.3 cm³/mol. The standard InChI is InChI=1S/C8H16O/c1-4-5-6-8(9)7(2)3/h4-5,7-9H,6H2,1-3H3/b5-4+. The summed E-state index contributed by atoms with van der Waals surface area (Å²) in [5.41, 5.74) is 0. The predicted octanol–water partition coefficient (Wildman–Crippen LogP) is 1.97. The summed E-state index contributed by atoms with van der Waals surface area (Å²) in [5.74, 6) is 0.376. The Labute approximate surface area is 57.4 Å². The van der Waals surface area contributed by atoms with E-state index in [-0.39, 0.29) is 6.10 Å². The van der Waals surface area contributed by atoms with Crippen molar-refractivity contribution in [3.63, 3.8) is 0 Å². The van der Waals surface area contributed by atoms with Crippen LogP contribution in [-0.2, 0) is 0 Å². The quantitative estimate of drug-likeness (QED) is 0.576. The van der Waals surface area contributed by atoms with Gasteiger partial charge in [0.15, 0.2) is 0 Å². The van der Waals surface area contributed by atoms with E-state index in [1.165, 1.54) is 0 Å². The van der Waals surface area contributed by atoms with Crippen LogP contribution in [0.5, 0.6) is 0 Å². The minimum absolute atomic E-state index is 0.166. The minimum Gasteiger partial charge on any atom is -0.393 e. The fraction of sp³-hybridized carbons (Fsp3) is 0.750. The normalized spacial score (nSPS) is 15.2. The summed E-state index contributed by atoms with van der Waals surface area (Å²) in [4.78, 5) is 0. The van der Waals surface area contributed by atoms with Crippen LogP contribution in [0.4, 0.5) is 0 Å². The lowest BCUT2D eigenvalue weighted by atomic mass is 10.0. The van der Waals surface area contributed by atoms with Gasteiger partial charge in [-0.3, -0.25) is 0 Å². The molecule has 0 aromatic heterocycles. The van der Waals surface area contributed by atoms with E-state index in [4.69, 9.17) is 0 Å². The molecule has 0 fully saturated rings. The van der Waals surface area contributed by atoms with E-state index < -0.39 is 0 Å². The van der Waals surface area contributed by atoms with E-state index in [0.29, 0.717) is 5.92 Å². The fourth-order valence-electron chi connectivity index (χ4n) is 0.548. The van der Waals surface area contributed by atoms with Gasteiger partial charge in [0.05, 0.1) is 6.10 Å². The Balaban J connectivity index is 3.38. The first-order valence-electron chi connectivity index (χ1n) is 3.47. The average molecular weight is 128 g/mol. The van der Waals surface area contributed by atoms with Crippen molar-refractivity contribution >= 4 is 0 Å². The first-order chi connectivity index (χ1) is 4.18. The second-order valence-electron chi connectivity index (χ2n) is 2.62. The SMILES string of the molecule is C/C=C/CC(O)C(C)C. The molecule has 0 aromatic carbocycles. The van der Waals surface area contributed by atoms with Crippen molar-refractivity contribution in [2.75, 3.05) is 0 Å². The fourth-order valence-corrected chi connectivity index (χ4v) is 0.548. The smallest absolute Gasteiger partial charge is 0.0597 e. The number of allylic oxidation sites excluding steroid dienone is 1. The van der Waals surface area contributed by atoms with Crippen LogP contribution in [0.15, 0.2) is 12.2 Å². The van der Waals surface area contributed by atoms with Crippen molar-refractivity contribution in [3.8, 4) is 0 Å². The molecule has 0 spiro atoms. The summed E-state index contributed by atoms with van der Waals surface area (Å²) in [7, 11) is 0. The maximum absolute atomic E-state index is 9.21. The summed E-state index contributed by atoms with van der Waals surface area (Å²) in [6.07, 6.45) is 4.57. The van der Waals surface area contributed by atoms with Gasteiger partial charge in [0.2, 0.25) is 0 Å². The highest BCUT2D eigenvalue weighted by molar-refractivity contribution is 4.80. The van der Waals surface area contributed by atoms with Crippen LogP contribution in [0, 0.1) is 5.92 Å². The lowest BCUT2D eigenvalue weighted by Crippen LogP contribution is -2.12. The largest absolute Gasteiger partial charge is 0.393 e. The Morgan fingerprint density at radius 3 is 2.33 bits per heavy atom. The molecule has 1 atom stereocenters. The van der Waals surface area contributed by atoms with Crippen molar-refractivity contribution in [1.29, 1.82) is 0 Å². The average Bonchev–Trinajstić information content (AvgIpc) is 1.82. The van der Waals surface area contributed by atoms with Gasteiger partial charge in [0.25, 0.3) is 0 Å². The number of hydrogen-bond donors (Lipinski definition) is 1. The second-order valence-corrected chi connectivity index (χ2v) is 2.62. The van der Waals surface area contributed by atoms with Gasteiger partial charge in [-0.2, -0.15) is 0 Å². The Morgan fingerprint density at radius 1 is 1.44 bits per heavy atom. The van der Waals surface area contributed by atoms with Crippen LogP contribution < -0.4 is 0 Å². The third kappa shape index (κ3) is 4.22. The van der Waals surface area contributed by atoms with Gasteiger partial charge < -0.3 is 5.11 Å². The number of hydrogen-bond acceptors (Lipinski definition) is 1. The molecular formula is C8H16O. The molecule has 1 N–H and O–H groups in total. The van der Waals surface area contributed by atoms with Gasteiger partial charge in [0, 0.05) is 0 Å². The monoisotopic (exact) mass is 128 g/mol. The zero-order valence-electron chi connectivity index (χ0n) is 6.46. The van der Waals surface area contributed by atoms with Crippen LogP contribution in [0.3, 0.4) is 0 Å². The summed E-state index contributed by atoms with van der Waals surface area (Å²) in [5, 5.41) is 9.21. The first-order valence-corrected chi connectivity index (χ1v) is 3.47. The molecule has 0 bridgehead atoms. The van der Waals surface area contributed by atoms with Crippen molar-refractivity contribution in [2.24, 2.45) is 5.92 Å². The molecule has 0 heterocycles. The van der Waals surface area contributed by atoms with Gasteiger partial charge in [-0.25, -0.2) is 0 Å². The summed E-state index contributed by atoms with van der Waals surface area (Å²) < 4.78 is 0. The summed E-state index contributed by atoms with van der Waals surface area (Å²) in [6, 6.07) is 0. The molecule has 0 aliphatic heterocycles. The zero-order chi connectivity index (χ0) is 7.28. The highest BCUT2D eigenvalue weighted by Gasteiger charge is 2.04. The molecule has 1 unspecified atom stereocenters. The molecule has 54 valence electrons. The number of aliphatic hydroxyl groups excluding tert-OH is 1. The molecule has 0 saturated heterocycles. The van der Waals surface area contributed by atoms with Gasteiger partial charge in [-0.05, 0) is 19.3 Å². The first kappa shape index (κ1) is 8.70. The molecule has 9 heavy (non-hydrogen) atoms. The highest BCUT2D eigenvalue weighted by Crippen LogP contribution is 2.05. The van der Waals surface area contributed by atoms with E-state index >= 15 is 0 Å². The number of aliphatic hydroxyl groups is 1. The van der Waals surface area contributed by atoms with Crippen LogP contribution in [0.2, 0.25) is 0 Å². The Morgan fingerprint density at radius 2 is 2.00 bits per heavy atom. The van der Waals surface area contributed by atoms with Crippen LogP contribution in [-0.4, -0.2) is 11.2 Å². The van der Waals surface area contributed by atoms with Gasteiger partial charge in [-0.1, -0.05) is 26.0 Å². The second kappa shape index (κ2) is 4.57. The molecule has 1 nitrogen and oxygen atoms in total. The lowest BCUT2D eigenvalue weighted by Gasteiger charge is -2.10. The van der Waals surface area contributed by atoms with Gasteiger partial charge in [0.1, 0.15) is 0 Å². The van der Waals surface area contributed by atoms with E-state index in [2.05, 4.69) is 0 Å². The molecule has 0 aliphatic carbocycles. The minimum atomic E-state index is -0.166. The van der Waals surface area contributed by atoms with Crippen molar-refractivity contribution in [2.45, 2.75) is 33.3 Å². The van der Waals surface area contributed by atoms with Crippen LogP contribution in [0.25, 0.3) is 0 Å². The van der Waals surface area contributed by atoms with E-state index in [1.54, 1.807) is 0 Å². The molecule has 0 rings (SSSR count). The summed E-state index contributed by atoms with van der Waals surface area (Å²) >= 11 is 0. The van der Waals surface area contributed by atoms with Crippen molar-refractivity contribution < 1.29 is 5.11 Å². The molecule has 0 aliphatic rings. The maximum atomic E-state index is 9.21. The van der Waals surface area contributed by atoms with E-state index in [9.17, 15) is 5.11 Å². The Hall–Kier alpha value is -0.300. The Bertz CT molecular complexity index is 84.6. The number of rotatable bonds is 3. The molecule has 0 amide bonds. The molecule has 0 aromatic rings. The Kier molecular flexibility index (Phi) is 4.41. The molecule has 0 radical (unpaired) electrons. The third-order valence-electron chi connectivity index (χ3n) is 1.38. The van der Waals surface area contributed by atoms with Crippen molar-refractivity contribution in [1.82, 2.24) is 0 Å².